The van der Waals surface area contributed by atoms with Crippen LogP contribution in [0.2, 0.25) is 5.02 Å². The van der Waals surface area contributed by atoms with Gasteiger partial charge in [0, 0.05) is 23.1 Å². The van der Waals surface area contributed by atoms with E-state index >= 15 is 0 Å². The third kappa shape index (κ3) is 2.86. The van der Waals surface area contributed by atoms with Crippen LogP contribution in [0.25, 0.3) is 0 Å². The van der Waals surface area contributed by atoms with E-state index in [4.69, 9.17) is 11.6 Å². The first-order valence-electron chi connectivity index (χ1n) is 6.98. The highest BCUT2D eigenvalue weighted by Crippen LogP contribution is 2.28. The van der Waals surface area contributed by atoms with Crippen molar-refractivity contribution >= 4 is 21.6 Å². The number of piperidine rings is 1. The molecule has 20 heavy (non-hydrogen) atoms. The van der Waals surface area contributed by atoms with Gasteiger partial charge in [-0.15, -0.1) is 0 Å². The van der Waals surface area contributed by atoms with Crippen LogP contribution in [0.4, 0.5) is 0 Å². The minimum absolute atomic E-state index is 0.0360. The van der Waals surface area contributed by atoms with Crippen molar-refractivity contribution in [3.8, 4) is 0 Å². The van der Waals surface area contributed by atoms with E-state index < -0.39 is 10.0 Å². The molecular weight excluding hydrogens is 296 g/mol. The normalized spacial score (nSPS) is 29.6. The van der Waals surface area contributed by atoms with Crippen LogP contribution in [0.3, 0.4) is 0 Å². The zero-order valence-electron chi connectivity index (χ0n) is 11.4. The van der Waals surface area contributed by atoms with Gasteiger partial charge in [0.15, 0.2) is 0 Å². The van der Waals surface area contributed by atoms with Crippen molar-refractivity contribution in [1.82, 2.24) is 10.0 Å². The molecule has 2 N–H and O–H groups in total. The third-order valence-corrected chi connectivity index (χ3v) is 6.14. The number of halogens is 1. The highest BCUT2D eigenvalue weighted by molar-refractivity contribution is 7.89. The number of benzene rings is 1. The predicted octanol–water partition coefficient (Wildman–Crippen LogP) is 2.21. The van der Waals surface area contributed by atoms with Crippen molar-refractivity contribution in [2.75, 3.05) is 0 Å². The SMILES string of the molecule is Cc1cc(Cl)ccc1S(=O)(=O)NC1CC2CCC(C1)N2. The Kier molecular flexibility index (Phi) is 3.79. The number of hydrogen-bond donors (Lipinski definition) is 2. The number of fused-ring (bicyclic) bond motifs is 2. The highest BCUT2D eigenvalue weighted by Gasteiger charge is 2.35. The van der Waals surface area contributed by atoms with Crippen LogP contribution in [0.5, 0.6) is 0 Å². The van der Waals surface area contributed by atoms with Crippen molar-refractivity contribution in [3.63, 3.8) is 0 Å². The Morgan fingerprint density at radius 2 is 1.90 bits per heavy atom. The fourth-order valence-electron chi connectivity index (χ4n) is 3.35. The van der Waals surface area contributed by atoms with Gasteiger partial charge >= 0.3 is 0 Å². The first-order chi connectivity index (χ1) is 9.44. The molecule has 2 aliphatic rings. The molecule has 4 nitrogen and oxygen atoms in total. The van der Waals surface area contributed by atoms with E-state index in [0.29, 0.717) is 27.6 Å². The Labute approximate surface area is 125 Å². The molecule has 2 aliphatic heterocycles. The fraction of sp³-hybridized carbons (Fsp3) is 0.571. The van der Waals surface area contributed by atoms with E-state index in [0.717, 1.165) is 25.7 Å². The second-order valence-electron chi connectivity index (χ2n) is 5.84. The van der Waals surface area contributed by atoms with Gasteiger partial charge in [0.25, 0.3) is 0 Å². The first-order valence-corrected chi connectivity index (χ1v) is 8.85. The van der Waals surface area contributed by atoms with Gasteiger partial charge in [-0.2, -0.15) is 0 Å². The van der Waals surface area contributed by atoms with Gasteiger partial charge in [0.2, 0.25) is 10.0 Å². The Hall–Kier alpha value is -0.620. The van der Waals surface area contributed by atoms with Crippen molar-refractivity contribution in [1.29, 1.82) is 0 Å². The Morgan fingerprint density at radius 1 is 1.25 bits per heavy atom. The first kappa shape index (κ1) is 14.3. The van der Waals surface area contributed by atoms with E-state index in [9.17, 15) is 8.42 Å². The van der Waals surface area contributed by atoms with E-state index in [2.05, 4.69) is 10.0 Å². The van der Waals surface area contributed by atoms with Gasteiger partial charge in [-0.05, 0) is 56.4 Å². The van der Waals surface area contributed by atoms with E-state index in [-0.39, 0.29) is 6.04 Å². The maximum atomic E-state index is 12.5. The number of sulfonamides is 1. The Bertz CT molecular complexity index is 606. The van der Waals surface area contributed by atoms with Crippen LogP contribution in [-0.4, -0.2) is 26.5 Å². The van der Waals surface area contributed by atoms with Crippen LogP contribution in [0, 0.1) is 6.92 Å². The van der Waals surface area contributed by atoms with Gasteiger partial charge in [0.05, 0.1) is 4.90 Å². The van der Waals surface area contributed by atoms with Gasteiger partial charge < -0.3 is 5.32 Å². The summed E-state index contributed by atoms with van der Waals surface area (Å²) in [5.41, 5.74) is 0.682. The second kappa shape index (κ2) is 5.30. The average molecular weight is 315 g/mol. The van der Waals surface area contributed by atoms with Gasteiger partial charge in [0.1, 0.15) is 0 Å². The molecule has 2 fully saturated rings. The maximum Gasteiger partial charge on any atom is 0.241 e. The van der Waals surface area contributed by atoms with E-state index in [1.54, 1.807) is 25.1 Å². The summed E-state index contributed by atoms with van der Waals surface area (Å²) in [7, 11) is -3.46. The smallest absolute Gasteiger partial charge is 0.241 e. The molecule has 0 spiro atoms. The van der Waals surface area contributed by atoms with Crippen molar-refractivity contribution in [3.05, 3.63) is 28.8 Å². The van der Waals surface area contributed by atoms with Crippen molar-refractivity contribution < 1.29 is 8.42 Å². The summed E-state index contributed by atoms with van der Waals surface area (Å²) in [6.07, 6.45) is 4.07. The zero-order chi connectivity index (χ0) is 14.3. The molecule has 2 atom stereocenters. The molecule has 3 rings (SSSR count). The third-order valence-electron chi connectivity index (χ3n) is 4.22. The van der Waals surface area contributed by atoms with Gasteiger partial charge in [-0.3, -0.25) is 0 Å². The van der Waals surface area contributed by atoms with Crippen LogP contribution in [0.15, 0.2) is 23.1 Å². The number of nitrogens with one attached hydrogen (secondary N) is 2. The molecule has 2 saturated heterocycles. The summed E-state index contributed by atoms with van der Waals surface area (Å²) >= 11 is 5.88. The molecular formula is C14H19ClN2O2S. The lowest BCUT2D eigenvalue weighted by Crippen LogP contribution is -2.48. The predicted molar refractivity (Wildman–Crippen MR) is 79.5 cm³/mol. The quantitative estimate of drug-likeness (QED) is 0.899. The maximum absolute atomic E-state index is 12.5. The Balaban J connectivity index is 1.78. The molecule has 2 unspecified atom stereocenters. The minimum atomic E-state index is -3.46. The molecule has 2 heterocycles. The van der Waals surface area contributed by atoms with Crippen LogP contribution in [0.1, 0.15) is 31.2 Å². The van der Waals surface area contributed by atoms with Gasteiger partial charge in [-0.25, -0.2) is 13.1 Å². The summed E-state index contributed by atoms with van der Waals surface area (Å²) in [5.74, 6) is 0. The molecule has 0 aliphatic carbocycles. The zero-order valence-corrected chi connectivity index (χ0v) is 13.0. The lowest BCUT2D eigenvalue weighted by molar-refractivity contribution is 0.345. The number of hydrogen-bond acceptors (Lipinski definition) is 3. The summed E-state index contributed by atoms with van der Waals surface area (Å²) in [5, 5.41) is 4.07. The summed E-state index contributed by atoms with van der Waals surface area (Å²) in [4.78, 5) is 0.327. The van der Waals surface area contributed by atoms with E-state index in [1.807, 2.05) is 0 Å². The standard InChI is InChI=1S/C14H19ClN2O2S/c1-9-6-10(15)2-5-14(9)20(18,19)17-13-7-11-3-4-12(8-13)16-11/h2,5-6,11-13,16-17H,3-4,7-8H2,1H3. The largest absolute Gasteiger partial charge is 0.311 e. The molecule has 1 aromatic rings. The average Bonchev–Trinajstić information content (AvgIpc) is 2.67. The van der Waals surface area contributed by atoms with E-state index in [1.165, 1.54) is 0 Å². The number of aryl methyl sites for hydroxylation is 1. The highest BCUT2D eigenvalue weighted by atomic mass is 35.5. The Morgan fingerprint density at radius 3 is 2.50 bits per heavy atom. The van der Waals surface area contributed by atoms with Crippen LogP contribution < -0.4 is 10.0 Å². The van der Waals surface area contributed by atoms with Crippen LogP contribution in [-0.2, 0) is 10.0 Å². The van der Waals surface area contributed by atoms with Gasteiger partial charge in [-0.1, -0.05) is 11.6 Å². The lowest BCUT2D eigenvalue weighted by atomic mass is 10.0. The van der Waals surface area contributed by atoms with Crippen molar-refractivity contribution in [2.45, 2.75) is 55.6 Å². The molecule has 110 valence electrons. The molecule has 6 heteroatoms. The number of rotatable bonds is 3. The lowest BCUT2D eigenvalue weighted by Gasteiger charge is -2.29. The topological polar surface area (TPSA) is 58.2 Å². The molecule has 0 radical (unpaired) electrons. The molecule has 1 aromatic carbocycles. The summed E-state index contributed by atoms with van der Waals surface area (Å²) in [6, 6.07) is 5.85. The minimum Gasteiger partial charge on any atom is -0.311 e. The second-order valence-corrected chi connectivity index (χ2v) is 7.96. The summed E-state index contributed by atoms with van der Waals surface area (Å²) in [6.45, 7) is 1.77. The fourth-order valence-corrected chi connectivity index (χ4v) is 5.07. The summed E-state index contributed by atoms with van der Waals surface area (Å²) < 4.78 is 27.8. The monoisotopic (exact) mass is 314 g/mol. The molecule has 2 bridgehead atoms. The molecule has 0 aromatic heterocycles. The van der Waals surface area contributed by atoms with Crippen molar-refractivity contribution in [2.24, 2.45) is 0 Å². The molecule has 0 amide bonds. The van der Waals surface area contributed by atoms with Crippen LogP contribution >= 0.6 is 11.6 Å². The molecule has 0 saturated carbocycles.